The molecule has 0 amide bonds. The van der Waals surface area contributed by atoms with Crippen molar-refractivity contribution in [3.05, 3.63) is 128 Å². The number of pyridine rings is 2. The van der Waals surface area contributed by atoms with E-state index in [-0.39, 0.29) is 0 Å². The monoisotopic (exact) mass is 503 g/mol. The highest BCUT2D eigenvalue weighted by Crippen LogP contribution is 2.40. The number of rotatable bonds is 4. The van der Waals surface area contributed by atoms with Crippen molar-refractivity contribution in [2.24, 2.45) is 0 Å². The molecule has 0 aliphatic rings. The van der Waals surface area contributed by atoms with Crippen LogP contribution in [0.2, 0.25) is 0 Å². The van der Waals surface area contributed by atoms with Crippen molar-refractivity contribution >= 4 is 43.9 Å². The van der Waals surface area contributed by atoms with Gasteiger partial charge in [-0.05, 0) is 66.7 Å². The van der Waals surface area contributed by atoms with E-state index in [0.29, 0.717) is 0 Å². The van der Waals surface area contributed by atoms with E-state index < -0.39 is 0 Å². The predicted octanol–water partition coefficient (Wildman–Crippen LogP) is 8.93. The first-order valence-electron chi connectivity index (χ1n) is 12.8. The molecule has 5 nitrogen and oxygen atoms in total. The second-order valence-electron chi connectivity index (χ2n) is 9.49. The molecule has 0 radical (unpaired) electrons. The van der Waals surface area contributed by atoms with Crippen molar-refractivity contribution in [2.75, 3.05) is 0 Å². The van der Waals surface area contributed by atoms with Gasteiger partial charge in [-0.1, -0.05) is 42.5 Å². The highest BCUT2D eigenvalue weighted by molar-refractivity contribution is 6.23. The number of ether oxygens (including phenoxy) is 1. The van der Waals surface area contributed by atoms with Gasteiger partial charge in [0.1, 0.15) is 28.3 Å². The Hall–Kier alpha value is -5.42. The maximum Gasteiger partial charge on any atom is 0.145 e. The lowest BCUT2D eigenvalue weighted by Crippen LogP contribution is -1.96. The van der Waals surface area contributed by atoms with Gasteiger partial charge in [0, 0.05) is 40.2 Å². The number of nitrogens with zero attached hydrogens (tertiary/aromatic N) is 3. The van der Waals surface area contributed by atoms with Crippen LogP contribution in [0.1, 0.15) is 0 Å². The predicted molar refractivity (Wildman–Crippen MR) is 156 cm³/mol. The fourth-order valence-corrected chi connectivity index (χ4v) is 5.45. The van der Waals surface area contributed by atoms with Crippen LogP contribution >= 0.6 is 0 Å². The molecule has 8 rings (SSSR count). The maximum absolute atomic E-state index is 6.40. The van der Waals surface area contributed by atoms with Crippen LogP contribution < -0.4 is 4.74 Å². The summed E-state index contributed by atoms with van der Waals surface area (Å²) in [5.41, 5.74) is 6.54. The summed E-state index contributed by atoms with van der Waals surface area (Å²) in [5.74, 6) is 1.49. The normalized spacial score (nSPS) is 11.6. The first-order valence-corrected chi connectivity index (χ1v) is 12.8. The third-order valence-electron chi connectivity index (χ3n) is 7.14. The van der Waals surface area contributed by atoms with Crippen LogP contribution in [0.5, 0.6) is 11.5 Å². The average Bonchev–Trinajstić information content (AvgIpc) is 3.54. The molecule has 184 valence electrons. The Morgan fingerprint density at radius 1 is 0.615 bits per heavy atom. The zero-order chi connectivity index (χ0) is 25.8. The van der Waals surface area contributed by atoms with Crippen LogP contribution in [0.15, 0.2) is 132 Å². The van der Waals surface area contributed by atoms with Gasteiger partial charge < -0.3 is 9.15 Å². The molecule has 0 aliphatic carbocycles. The summed E-state index contributed by atoms with van der Waals surface area (Å²) in [7, 11) is 0. The van der Waals surface area contributed by atoms with E-state index >= 15 is 0 Å². The van der Waals surface area contributed by atoms with Crippen molar-refractivity contribution in [2.45, 2.75) is 0 Å². The largest absolute Gasteiger partial charge is 0.457 e. The van der Waals surface area contributed by atoms with Gasteiger partial charge in [0.05, 0.1) is 22.3 Å². The smallest absolute Gasteiger partial charge is 0.145 e. The summed E-state index contributed by atoms with van der Waals surface area (Å²) in [4.78, 5) is 9.25. The zero-order valence-corrected chi connectivity index (χ0v) is 20.8. The fourth-order valence-electron chi connectivity index (χ4n) is 5.45. The lowest BCUT2D eigenvalue weighted by atomic mass is 10.1. The molecular weight excluding hydrogens is 482 g/mol. The van der Waals surface area contributed by atoms with E-state index in [2.05, 4.69) is 39.9 Å². The Bertz CT molecular complexity index is 2160. The van der Waals surface area contributed by atoms with Gasteiger partial charge in [0.25, 0.3) is 0 Å². The molecule has 39 heavy (non-hydrogen) atoms. The second-order valence-corrected chi connectivity index (χ2v) is 9.49. The highest BCUT2D eigenvalue weighted by atomic mass is 16.5. The Morgan fingerprint density at radius 3 is 2.36 bits per heavy atom. The summed E-state index contributed by atoms with van der Waals surface area (Å²) in [6.07, 6.45) is 3.63. The molecular formula is C34H21N3O2. The van der Waals surface area contributed by atoms with Gasteiger partial charge in [-0.3, -0.25) is 9.55 Å². The number of benzene rings is 4. The number of hydrogen-bond donors (Lipinski definition) is 0. The maximum atomic E-state index is 6.40. The molecule has 0 saturated carbocycles. The molecule has 0 spiro atoms. The molecule has 0 fully saturated rings. The number of furan rings is 1. The van der Waals surface area contributed by atoms with Gasteiger partial charge in [0.15, 0.2) is 0 Å². The molecule has 4 aromatic heterocycles. The SMILES string of the molecule is c1ccc(-c2cccc(Oc3cccc(-n4c5ccc6c7ccccc7oc6c5c5cccnc54)c3)c2)nc1. The first kappa shape index (κ1) is 21.6. The Morgan fingerprint density at radius 2 is 1.44 bits per heavy atom. The van der Waals surface area contributed by atoms with Crippen molar-refractivity contribution in [3.8, 4) is 28.4 Å². The van der Waals surface area contributed by atoms with Crippen LogP contribution in [0, 0.1) is 0 Å². The molecule has 0 saturated heterocycles. The standard InChI is InChI=1S/C34H21N3O2/c1-2-15-31-26(12-1)27-16-17-30-32(33(27)39-31)28-13-7-19-36-34(28)37(30)23-9-6-11-25(21-23)38-24-10-5-8-22(20-24)29-14-3-4-18-35-29/h1-21H. The van der Waals surface area contributed by atoms with Gasteiger partial charge in [-0.2, -0.15) is 0 Å². The lowest BCUT2D eigenvalue weighted by molar-refractivity contribution is 0.482. The van der Waals surface area contributed by atoms with E-state index in [9.17, 15) is 0 Å². The summed E-state index contributed by atoms with van der Waals surface area (Å²) in [6, 6.07) is 38.5. The van der Waals surface area contributed by atoms with E-state index in [0.717, 1.165) is 72.3 Å². The minimum Gasteiger partial charge on any atom is -0.457 e. The van der Waals surface area contributed by atoms with Crippen molar-refractivity contribution in [1.82, 2.24) is 14.5 Å². The number of fused-ring (bicyclic) bond motifs is 7. The van der Waals surface area contributed by atoms with Crippen molar-refractivity contribution in [3.63, 3.8) is 0 Å². The molecule has 0 unspecified atom stereocenters. The molecule has 4 heterocycles. The topological polar surface area (TPSA) is 53.1 Å². The number of hydrogen-bond acceptors (Lipinski definition) is 4. The van der Waals surface area contributed by atoms with Crippen molar-refractivity contribution < 1.29 is 9.15 Å². The van der Waals surface area contributed by atoms with E-state index in [1.165, 1.54) is 0 Å². The Labute approximate surface area is 223 Å². The molecule has 0 N–H and O–H groups in total. The molecule has 0 bridgehead atoms. The van der Waals surface area contributed by atoms with Crippen LogP contribution in [0.3, 0.4) is 0 Å². The van der Waals surface area contributed by atoms with Gasteiger partial charge in [-0.15, -0.1) is 0 Å². The fraction of sp³-hybridized carbons (Fsp3) is 0. The quantitative estimate of drug-likeness (QED) is 0.241. The van der Waals surface area contributed by atoms with E-state index in [4.69, 9.17) is 14.1 Å². The third kappa shape index (κ3) is 3.48. The minimum atomic E-state index is 0.737. The van der Waals surface area contributed by atoms with Crippen LogP contribution in [0.4, 0.5) is 0 Å². The van der Waals surface area contributed by atoms with Crippen molar-refractivity contribution in [1.29, 1.82) is 0 Å². The summed E-state index contributed by atoms with van der Waals surface area (Å²) >= 11 is 0. The van der Waals surface area contributed by atoms with Gasteiger partial charge in [0.2, 0.25) is 0 Å². The summed E-state index contributed by atoms with van der Waals surface area (Å²) < 4.78 is 14.9. The summed E-state index contributed by atoms with van der Waals surface area (Å²) in [6.45, 7) is 0. The van der Waals surface area contributed by atoms with Crippen LogP contribution in [-0.4, -0.2) is 14.5 Å². The van der Waals surface area contributed by atoms with E-state index in [1.54, 1.807) is 6.20 Å². The van der Waals surface area contributed by atoms with Gasteiger partial charge in [-0.25, -0.2) is 4.98 Å². The highest BCUT2D eigenvalue weighted by Gasteiger charge is 2.19. The molecule has 8 aromatic rings. The number of para-hydroxylation sites is 1. The lowest BCUT2D eigenvalue weighted by Gasteiger charge is -2.11. The minimum absolute atomic E-state index is 0.737. The average molecular weight is 504 g/mol. The zero-order valence-electron chi connectivity index (χ0n) is 20.8. The van der Waals surface area contributed by atoms with Gasteiger partial charge >= 0.3 is 0 Å². The molecule has 0 atom stereocenters. The van der Waals surface area contributed by atoms with Crippen LogP contribution in [-0.2, 0) is 0 Å². The third-order valence-corrected chi connectivity index (χ3v) is 7.14. The van der Waals surface area contributed by atoms with Crippen LogP contribution in [0.25, 0.3) is 60.8 Å². The number of aromatic nitrogens is 3. The second kappa shape index (κ2) is 8.57. The Kier molecular flexibility index (Phi) is 4.76. The Balaban J connectivity index is 1.27. The first-order chi connectivity index (χ1) is 19.3. The summed E-state index contributed by atoms with van der Waals surface area (Å²) in [5, 5.41) is 4.32. The molecule has 4 aromatic carbocycles. The molecule has 5 heteroatoms. The van der Waals surface area contributed by atoms with E-state index in [1.807, 2.05) is 91.1 Å². The molecule has 0 aliphatic heterocycles.